The van der Waals surface area contributed by atoms with Crippen molar-refractivity contribution in [3.05, 3.63) is 22.3 Å². The molecule has 1 aliphatic heterocycles. The molecule has 0 bridgehead atoms. The summed E-state index contributed by atoms with van der Waals surface area (Å²) < 4.78 is 1.05. The zero-order valence-corrected chi connectivity index (χ0v) is 15.2. The molecular weight excluding hydrogens is 328 g/mol. The number of aromatic nitrogens is 1. The standard InChI is InChI=1S/C16H27BrN4/c1-16(2,3)19-11-13-10-14(17)12-18-15(13)21-7-5-6-20(4)8-9-21/h10,12,19H,5-9,11H2,1-4H3. The molecule has 0 unspecified atom stereocenters. The average molecular weight is 355 g/mol. The first-order valence-corrected chi connectivity index (χ1v) is 8.47. The molecule has 4 nitrogen and oxygen atoms in total. The summed E-state index contributed by atoms with van der Waals surface area (Å²) in [4.78, 5) is 9.51. The number of rotatable bonds is 3. The van der Waals surface area contributed by atoms with Crippen LogP contribution in [0.15, 0.2) is 16.7 Å². The van der Waals surface area contributed by atoms with Crippen LogP contribution in [0.1, 0.15) is 32.8 Å². The minimum atomic E-state index is 0.110. The third kappa shape index (κ3) is 5.24. The summed E-state index contributed by atoms with van der Waals surface area (Å²) in [5.74, 6) is 1.13. The van der Waals surface area contributed by atoms with Crippen LogP contribution in [0, 0.1) is 0 Å². The van der Waals surface area contributed by atoms with Crippen molar-refractivity contribution < 1.29 is 0 Å². The summed E-state index contributed by atoms with van der Waals surface area (Å²) in [6, 6.07) is 2.19. The van der Waals surface area contributed by atoms with E-state index < -0.39 is 0 Å². The number of nitrogens with one attached hydrogen (secondary N) is 1. The molecule has 0 aromatic carbocycles. The summed E-state index contributed by atoms with van der Waals surface area (Å²) in [7, 11) is 2.20. The molecule has 0 saturated carbocycles. The van der Waals surface area contributed by atoms with Crippen molar-refractivity contribution in [1.29, 1.82) is 0 Å². The molecule has 0 atom stereocenters. The van der Waals surface area contributed by atoms with Crippen LogP contribution >= 0.6 is 15.9 Å². The maximum Gasteiger partial charge on any atom is 0.133 e. The Labute approximate surface area is 137 Å². The van der Waals surface area contributed by atoms with Gasteiger partial charge < -0.3 is 15.1 Å². The summed E-state index contributed by atoms with van der Waals surface area (Å²) in [5, 5.41) is 3.57. The molecule has 1 aromatic heterocycles. The lowest BCUT2D eigenvalue weighted by Crippen LogP contribution is -2.36. The lowest BCUT2D eigenvalue weighted by molar-refractivity contribution is 0.360. The van der Waals surface area contributed by atoms with Crippen molar-refractivity contribution >= 4 is 21.7 Å². The molecule has 21 heavy (non-hydrogen) atoms. The number of hydrogen-bond acceptors (Lipinski definition) is 4. The fourth-order valence-corrected chi connectivity index (χ4v) is 2.89. The van der Waals surface area contributed by atoms with Crippen molar-refractivity contribution in [3.8, 4) is 0 Å². The molecule has 118 valence electrons. The van der Waals surface area contributed by atoms with E-state index in [9.17, 15) is 0 Å². The molecule has 1 fully saturated rings. The van der Waals surface area contributed by atoms with Gasteiger partial charge in [0, 0.05) is 48.0 Å². The van der Waals surface area contributed by atoms with E-state index in [0.29, 0.717) is 0 Å². The van der Waals surface area contributed by atoms with Crippen LogP contribution in [0.4, 0.5) is 5.82 Å². The predicted octanol–water partition coefficient (Wildman–Crippen LogP) is 2.87. The Kier molecular flexibility index (Phi) is 5.63. The predicted molar refractivity (Wildman–Crippen MR) is 92.9 cm³/mol. The number of halogens is 1. The molecule has 2 rings (SSSR count). The van der Waals surface area contributed by atoms with Gasteiger partial charge in [0.25, 0.3) is 0 Å². The van der Waals surface area contributed by atoms with E-state index in [1.807, 2.05) is 6.20 Å². The zero-order valence-electron chi connectivity index (χ0n) is 13.6. The minimum Gasteiger partial charge on any atom is -0.355 e. The van der Waals surface area contributed by atoms with Crippen molar-refractivity contribution in [2.75, 3.05) is 38.1 Å². The van der Waals surface area contributed by atoms with Crippen molar-refractivity contribution in [3.63, 3.8) is 0 Å². The van der Waals surface area contributed by atoms with E-state index in [4.69, 9.17) is 0 Å². The number of pyridine rings is 1. The van der Waals surface area contributed by atoms with Crippen LogP contribution < -0.4 is 10.2 Å². The first-order valence-electron chi connectivity index (χ1n) is 7.68. The van der Waals surface area contributed by atoms with Gasteiger partial charge in [-0.25, -0.2) is 4.98 Å². The molecule has 2 heterocycles. The molecular formula is C16H27BrN4. The SMILES string of the molecule is CN1CCCN(c2ncc(Br)cc2CNC(C)(C)C)CC1. The molecule has 0 radical (unpaired) electrons. The van der Waals surface area contributed by atoms with Crippen LogP contribution in [-0.2, 0) is 6.54 Å². The zero-order chi connectivity index (χ0) is 15.5. The molecule has 1 aromatic rings. The second-order valence-corrected chi connectivity index (χ2v) is 7.80. The van der Waals surface area contributed by atoms with E-state index in [1.165, 1.54) is 18.5 Å². The highest BCUT2D eigenvalue weighted by Gasteiger charge is 2.18. The number of likely N-dealkylation sites (N-methyl/N-ethyl adjacent to an activating group) is 1. The number of nitrogens with zero attached hydrogens (tertiary/aromatic N) is 3. The van der Waals surface area contributed by atoms with Gasteiger partial charge in [-0.1, -0.05) is 0 Å². The Balaban J connectivity index is 2.17. The lowest BCUT2D eigenvalue weighted by Gasteiger charge is -2.26. The van der Waals surface area contributed by atoms with E-state index in [2.05, 4.69) is 69.9 Å². The normalized spacial score (nSPS) is 17.9. The third-order valence-electron chi connectivity index (χ3n) is 3.74. The molecule has 0 aliphatic carbocycles. The highest BCUT2D eigenvalue weighted by atomic mass is 79.9. The van der Waals surface area contributed by atoms with E-state index >= 15 is 0 Å². The van der Waals surface area contributed by atoms with E-state index in [0.717, 1.165) is 36.5 Å². The highest BCUT2D eigenvalue weighted by molar-refractivity contribution is 9.10. The van der Waals surface area contributed by atoms with Gasteiger partial charge in [0.05, 0.1) is 0 Å². The van der Waals surface area contributed by atoms with Gasteiger partial charge in [-0.05, 0) is 62.8 Å². The molecule has 1 N–H and O–H groups in total. The van der Waals surface area contributed by atoms with Crippen molar-refractivity contribution in [2.24, 2.45) is 0 Å². The van der Waals surface area contributed by atoms with Crippen LogP contribution in [0.3, 0.4) is 0 Å². The molecule has 1 saturated heterocycles. The van der Waals surface area contributed by atoms with Gasteiger partial charge in [0.1, 0.15) is 5.82 Å². The molecule has 5 heteroatoms. The van der Waals surface area contributed by atoms with Crippen LogP contribution in [0.5, 0.6) is 0 Å². The quantitative estimate of drug-likeness (QED) is 0.904. The Hall–Kier alpha value is -0.650. The third-order valence-corrected chi connectivity index (χ3v) is 4.17. The Bertz CT molecular complexity index is 470. The average Bonchev–Trinajstić information content (AvgIpc) is 2.61. The molecule has 1 aliphatic rings. The van der Waals surface area contributed by atoms with Crippen LogP contribution in [0.2, 0.25) is 0 Å². The van der Waals surface area contributed by atoms with E-state index in [-0.39, 0.29) is 5.54 Å². The Morgan fingerprint density at radius 1 is 1.24 bits per heavy atom. The van der Waals surface area contributed by atoms with Crippen molar-refractivity contribution in [1.82, 2.24) is 15.2 Å². The topological polar surface area (TPSA) is 31.4 Å². The number of hydrogen-bond donors (Lipinski definition) is 1. The van der Waals surface area contributed by atoms with Gasteiger partial charge in [0.15, 0.2) is 0 Å². The number of anilines is 1. The maximum atomic E-state index is 4.69. The summed E-state index contributed by atoms with van der Waals surface area (Å²) in [6.07, 6.45) is 3.10. The van der Waals surface area contributed by atoms with Gasteiger partial charge >= 0.3 is 0 Å². The molecule has 0 spiro atoms. The summed E-state index contributed by atoms with van der Waals surface area (Å²) >= 11 is 3.55. The Morgan fingerprint density at radius 2 is 2.00 bits per heavy atom. The van der Waals surface area contributed by atoms with Gasteiger partial charge in [-0.15, -0.1) is 0 Å². The summed E-state index contributed by atoms with van der Waals surface area (Å²) in [6.45, 7) is 11.8. The van der Waals surface area contributed by atoms with Crippen molar-refractivity contribution in [2.45, 2.75) is 39.3 Å². The van der Waals surface area contributed by atoms with Gasteiger partial charge in [-0.2, -0.15) is 0 Å². The van der Waals surface area contributed by atoms with E-state index in [1.54, 1.807) is 0 Å². The monoisotopic (exact) mass is 354 g/mol. The largest absolute Gasteiger partial charge is 0.355 e. The maximum absolute atomic E-state index is 4.69. The smallest absolute Gasteiger partial charge is 0.133 e. The molecule has 0 amide bonds. The second kappa shape index (κ2) is 7.07. The summed E-state index contributed by atoms with van der Waals surface area (Å²) in [5.41, 5.74) is 1.38. The fourth-order valence-electron chi connectivity index (χ4n) is 2.51. The highest BCUT2D eigenvalue weighted by Crippen LogP contribution is 2.23. The lowest BCUT2D eigenvalue weighted by atomic mass is 10.1. The van der Waals surface area contributed by atoms with Gasteiger partial charge in [-0.3, -0.25) is 0 Å². The first-order chi connectivity index (χ1) is 9.85. The minimum absolute atomic E-state index is 0.110. The Morgan fingerprint density at radius 3 is 2.71 bits per heavy atom. The van der Waals surface area contributed by atoms with Gasteiger partial charge in [0.2, 0.25) is 0 Å². The second-order valence-electron chi connectivity index (χ2n) is 6.88. The van der Waals surface area contributed by atoms with Crippen LogP contribution in [0.25, 0.3) is 0 Å². The first kappa shape index (κ1) is 16.7. The van der Waals surface area contributed by atoms with Crippen LogP contribution in [-0.4, -0.2) is 48.6 Å². The fraction of sp³-hybridized carbons (Fsp3) is 0.688.